The van der Waals surface area contributed by atoms with Crippen molar-refractivity contribution in [3.05, 3.63) is 41.1 Å². The molecule has 2 aromatic rings. The molecule has 2 N–H and O–H groups in total. The van der Waals surface area contributed by atoms with E-state index in [2.05, 4.69) is 4.98 Å². The predicted molar refractivity (Wildman–Crippen MR) is 75.7 cm³/mol. The summed E-state index contributed by atoms with van der Waals surface area (Å²) in [4.78, 5) is 25.7. The number of nitrogens with one attached hydrogen (secondary N) is 1. The number of hydrogen-bond donors (Lipinski definition) is 2. The van der Waals surface area contributed by atoms with Crippen LogP contribution < -0.4 is 0 Å². The van der Waals surface area contributed by atoms with Gasteiger partial charge in [0, 0.05) is 22.5 Å². The molecule has 2 rings (SSSR count). The minimum absolute atomic E-state index is 0.259. The molecule has 1 aromatic heterocycles. The normalized spacial score (nSPS) is 11.1. The molecule has 0 unspecified atom stereocenters. The number of carbonyl (C=O) groups excluding carboxylic acids is 1. The van der Waals surface area contributed by atoms with Gasteiger partial charge in [0.15, 0.2) is 0 Å². The van der Waals surface area contributed by atoms with E-state index in [0.717, 1.165) is 22.5 Å². The summed E-state index contributed by atoms with van der Waals surface area (Å²) in [7, 11) is 0. The van der Waals surface area contributed by atoms with Gasteiger partial charge in [-0.15, -0.1) is 0 Å². The Morgan fingerprint density at radius 1 is 1.40 bits per heavy atom. The molecule has 0 radical (unpaired) electrons. The highest BCUT2D eigenvalue weighted by Gasteiger charge is 2.17. The highest BCUT2D eigenvalue weighted by Crippen LogP contribution is 2.26. The summed E-state index contributed by atoms with van der Waals surface area (Å²) in [5.74, 6) is -1.56. The third kappa shape index (κ3) is 2.56. The van der Waals surface area contributed by atoms with Gasteiger partial charge in [-0.2, -0.15) is 0 Å². The number of aromatic amines is 1. The maximum atomic E-state index is 12.0. The quantitative estimate of drug-likeness (QED) is 0.663. The zero-order chi connectivity index (χ0) is 14.7. The SMILES string of the molecule is CCOC(=O)c1[nH]c2c(C)cccc2c1/C=C\C(=O)O. The number of fused-ring (bicyclic) bond motifs is 1. The van der Waals surface area contributed by atoms with Crippen LogP contribution in [0.15, 0.2) is 24.3 Å². The van der Waals surface area contributed by atoms with E-state index >= 15 is 0 Å². The molecule has 0 amide bonds. The maximum Gasteiger partial charge on any atom is 0.355 e. The number of aliphatic carboxylic acids is 1. The number of carbonyl (C=O) groups is 2. The fraction of sp³-hybridized carbons (Fsp3) is 0.200. The van der Waals surface area contributed by atoms with Crippen LogP contribution >= 0.6 is 0 Å². The van der Waals surface area contributed by atoms with E-state index in [1.807, 2.05) is 25.1 Å². The van der Waals surface area contributed by atoms with Gasteiger partial charge in [0.2, 0.25) is 0 Å². The van der Waals surface area contributed by atoms with E-state index in [1.165, 1.54) is 6.08 Å². The average Bonchev–Trinajstić information content (AvgIpc) is 2.77. The summed E-state index contributed by atoms with van der Waals surface area (Å²) >= 11 is 0. The molecule has 5 heteroatoms. The molecule has 0 saturated heterocycles. The van der Waals surface area contributed by atoms with E-state index in [9.17, 15) is 9.59 Å². The molecule has 0 saturated carbocycles. The number of esters is 1. The van der Waals surface area contributed by atoms with Gasteiger partial charge in [-0.1, -0.05) is 18.2 Å². The van der Waals surface area contributed by atoms with Crippen LogP contribution in [0.25, 0.3) is 17.0 Å². The predicted octanol–water partition coefficient (Wildman–Crippen LogP) is 2.75. The van der Waals surface area contributed by atoms with Crippen molar-refractivity contribution in [3.63, 3.8) is 0 Å². The van der Waals surface area contributed by atoms with E-state index in [4.69, 9.17) is 9.84 Å². The Balaban J connectivity index is 2.65. The summed E-state index contributed by atoms with van der Waals surface area (Å²) in [5, 5.41) is 9.56. The minimum Gasteiger partial charge on any atom is -0.478 e. The molecule has 0 fully saturated rings. The van der Waals surface area contributed by atoms with Crippen LogP contribution in [-0.4, -0.2) is 28.6 Å². The largest absolute Gasteiger partial charge is 0.478 e. The van der Waals surface area contributed by atoms with Gasteiger partial charge in [-0.3, -0.25) is 0 Å². The Kier molecular flexibility index (Phi) is 3.89. The van der Waals surface area contributed by atoms with Gasteiger partial charge in [0.25, 0.3) is 0 Å². The monoisotopic (exact) mass is 273 g/mol. The fourth-order valence-corrected chi connectivity index (χ4v) is 2.08. The molecule has 0 spiro atoms. The topological polar surface area (TPSA) is 79.4 Å². The Hall–Kier alpha value is -2.56. The summed E-state index contributed by atoms with van der Waals surface area (Å²) in [5.41, 5.74) is 2.59. The molecule has 104 valence electrons. The summed E-state index contributed by atoms with van der Waals surface area (Å²) in [6.45, 7) is 3.90. The second kappa shape index (κ2) is 5.61. The zero-order valence-corrected chi connectivity index (χ0v) is 11.3. The van der Waals surface area contributed by atoms with Crippen LogP contribution in [0, 0.1) is 6.92 Å². The summed E-state index contributed by atoms with van der Waals surface area (Å²) in [6, 6.07) is 5.61. The van der Waals surface area contributed by atoms with Crippen molar-refractivity contribution in [2.75, 3.05) is 6.61 Å². The first-order valence-electron chi connectivity index (χ1n) is 6.24. The summed E-state index contributed by atoms with van der Waals surface area (Å²) < 4.78 is 4.99. The Morgan fingerprint density at radius 3 is 2.80 bits per heavy atom. The molecule has 0 atom stereocenters. The van der Waals surface area contributed by atoms with Gasteiger partial charge >= 0.3 is 11.9 Å². The number of aryl methyl sites for hydroxylation is 1. The number of H-pyrrole nitrogens is 1. The molecule has 0 aliphatic rings. The van der Waals surface area contributed by atoms with Crippen molar-refractivity contribution >= 4 is 28.9 Å². The van der Waals surface area contributed by atoms with Crippen LogP contribution in [0.5, 0.6) is 0 Å². The minimum atomic E-state index is -1.07. The van der Waals surface area contributed by atoms with Crippen molar-refractivity contribution in [1.29, 1.82) is 0 Å². The zero-order valence-electron chi connectivity index (χ0n) is 11.3. The summed E-state index contributed by atoms with van der Waals surface area (Å²) in [6.07, 6.45) is 2.42. The van der Waals surface area contributed by atoms with Crippen LogP contribution in [0.2, 0.25) is 0 Å². The highest BCUT2D eigenvalue weighted by atomic mass is 16.5. The van der Waals surface area contributed by atoms with Crippen LogP contribution in [0.4, 0.5) is 0 Å². The highest BCUT2D eigenvalue weighted by molar-refractivity contribution is 6.04. The van der Waals surface area contributed by atoms with Crippen molar-refractivity contribution < 1.29 is 19.4 Å². The number of carboxylic acids is 1. The number of benzene rings is 1. The van der Waals surface area contributed by atoms with Gasteiger partial charge in [-0.05, 0) is 25.5 Å². The van der Waals surface area contributed by atoms with E-state index in [-0.39, 0.29) is 12.3 Å². The number of rotatable bonds is 4. The lowest BCUT2D eigenvalue weighted by Gasteiger charge is -2.00. The van der Waals surface area contributed by atoms with Crippen LogP contribution in [-0.2, 0) is 9.53 Å². The van der Waals surface area contributed by atoms with Crippen molar-refractivity contribution in [3.8, 4) is 0 Å². The van der Waals surface area contributed by atoms with E-state index in [0.29, 0.717) is 5.56 Å². The lowest BCUT2D eigenvalue weighted by atomic mass is 10.1. The van der Waals surface area contributed by atoms with Crippen molar-refractivity contribution in [2.24, 2.45) is 0 Å². The lowest BCUT2D eigenvalue weighted by molar-refractivity contribution is -0.131. The molecule has 0 aliphatic carbocycles. The first-order chi connectivity index (χ1) is 9.54. The number of hydrogen-bond acceptors (Lipinski definition) is 3. The first-order valence-corrected chi connectivity index (χ1v) is 6.24. The molecule has 5 nitrogen and oxygen atoms in total. The molecule has 0 aliphatic heterocycles. The Labute approximate surface area is 115 Å². The van der Waals surface area contributed by atoms with E-state index in [1.54, 1.807) is 6.92 Å². The number of ether oxygens (including phenoxy) is 1. The number of aromatic nitrogens is 1. The Morgan fingerprint density at radius 2 is 2.15 bits per heavy atom. The Bertz CT molecular complexity index is 697. The lowest BCUT2D eigenvalue weighted by Crippen LogP contribution is -2.06. The number of para-hydroxylation sites is 1. The molecular weight excluding hydrogens is 258 g/mol. The molecule has 1 heterocycles. The second-order valence-corrected chi connectivity index (χ2v) is 4.30. The van der Waals surface area contributed by atoms with Gasteiger partial charge in [-0.25, -0.2) is 9.59 Å². The van der Waals surface area contributed by atoms with Gasteiger partial charge in [0.05, 0.1) is 6.61 Å². The van der Waals surface area contributed by atoms with Crippen molar-refractivity contribution in [1.82, 2.24) is 4.98 Å². The standard InChI is InChI=1S/C15H15NO4/c1-3-20-15(19)14-11(7-8-12(17)18)10-6-4-5-9(2)13(10)16-14/h4-8,16H,3H2,1-2H3,(H,17,18)/b8-7-. The molecule has 0 bridgehead atoms. The molecule has 1 aromatic carbocycles. The smallest absolute Gasteiger partial charge is 0.355 e. The van der Waals surface area contributed by atoms with Crippen LogP contribution in [0.1, 0.15) is 28.5 Å². The molecular formula is C15H15NO4. The van der Waals surface area contributed by atoms with Crippen molar-refractivity contribution in [2.45, 2.75) is 13.8 Å². The second-order valence-electron chi connectivity index (χ2n) is 4.30. The molecule has 20 heavy (non-hydrogen) atoms. The number of carboxylic acid groups (broad SMARTS) is 1. The van der Waals surface area contributed by atoms with Crippen LogP contribution in [0.3, 0.4) is 0 Å². The third-order valence-corrected chi connectivity index (χ3v) is 2.95. The fourth-order valence-electron chi connectivity index (χ4n) is 2.08. The average molecular weight is 273 g/mol. The van der Waals surface area contributed by atoms with Gasteiger partial charge in [0.1, 0.15) is 5.69 Å². The van der Waals surface area contributed by atoms with E-state index < -0.39 is 11.9 Å². The maximum absolute atomic E-state index is 12.0. The third-order valence-electron chi connectivity index (χ3n) is 2.95. The first kappa shape index (κ1) is 13.9. The van der Waals surface area contributed by atoms with Gasteiger partial charge < -0.3 is 14.8 Å².